The zero-order valence-corrected chi connectivity index (χ0v) is 10.5. The molecule has 0 radical (unpaired) electrons. The van der Waals surface area contributed by atoms with Crippen molar-refractivity contribution in [1.82, 2.24) is 0 Å². The summed E-state index contributed by atoms with van der Waals surface area (Å²) in [6, 6.07) is 11.0. The van der Waals surface area contributed by atoms with E-state index in [1.165, 1.54) is 12.1 Å². The van der Waals surface area contributed by atoms with E-state index in [4.69, 9.17) is 16.3 Å². The summed E-state index contributed by atoms with van der Waals surface area (Å²) >= 11 is 5.74. The minimum absolute atomic E-state index is 0.113. The molecule has 0 fully saturated rings. The van der Waals surface area contributed by atoms with Crippen molar-refractivity contribution < 1.29 is 14.2 Å². The SMILES string of the molecule is C[C@@H](O)c1ccc(Oc2ccc(Cl)cc2)c(F)c1. The third-order valence-corrected chi connectivity index (χ3v) is 2.73. The van der Waals surface area contributed by atoms with Crippen molar-refractivity contribution in [3.63, 3.8) is 0 Å². The van der Waals surface area contributed by atoms with E-state index >= 15 is 0 Å². The molecule has 0 saturated carbocycles. The standard InChI is InChI=1S/C14H12ClFO2/c1-9(17)10-2-7-14(13(16)8-10)18-12-5-3-11(15)4-6-12/h2-9,17H,1H3/t9-/m1/s1. The monoisotopic (exact) mass is 266 g/mol. The zero-order valence-electron chi connectivity index (χ0n) is 9.73. The first-order chi connectivity index (χ1) is 8.56. The molecule has 0 bridgehead atoms. The molecule has 0 aliphatic carbocycles. The van der Waals surface area contributed by atoms with E-state index in [1.54, 1.807) is 37.3 Å². The summed E-state index contributed by atoms with van der Waals surface area (Å²) in [6.45, 7) is 1.58. The third kappa shape index (κ3) is 3.00. The molecule has 2 aromatic carbocycles. The number of hydrogen-bond acceptors (Lipinski definition) is 2. The smallest absolute Gasteiger partial charge is 0.166 e. The van der Waals surface area contributed by atoms with Crippen molar-refractivity contribution in [1.29, 1.82) is 0 Å². The fourth-order valence-corrected chi connectivity index (χ4v) is 1.62. The average Bonchev–Trinajstić information content (AvgIpc) is 2.34. The van der Waals surface area contributed by atoms with Gasteiger partial charge in [0.2, 0.25) is 0 Å². The molecule has 2 aromatic rings. The summed E-state index contributed by atoms with van der Waals surface area (Å²) < 4.78 is 19.1. The molecule has 94 valence electrons. The van der Waals surface area contributed by atoms with Crippen LogP contribution in [0.2, 0.25) is 5.02 Å². The molecule has 4 heteroatoms. The van der Waals surface area contributed by atoms with Gasteiger partial charge in [-0.2, -0.15) is 0 Å². The highest BCUT2D eigenvalue weighted by molar-refractivity contribution is 6.30. The summed E-state index contributed by atoms with van der Waals surface area (Å²) in [6.07, 6.45) is -0.705. The first-order valence-corrected chi connectivity index (χ1v) is 5.85. The summed E-state index contributed by atoms with van der Waals surface area (Å²) in [5, 5.41) is 9.93. The fourth-order valence-electron chi connectivity index (χ4n) is 1.49. The minimum Gasteiger partial charge on any atom is -0.454 e. The molecule has 2 nitrogen and oxygen atoms in total. The summed E-state index contributed by atoms with van der Waals surface area (Å²) in [7, 11) is 0. The van der Waals surface area contributed by atoms with Gasteiger partial charge in [0.1, 0.15) is 5.75 Å². The molecular formula is C14H12ClFO2. The second-order valence-corrected chi connectivity index (χ2v) is 4.36. The van der Waals surface area contributed by atoms with E-state index in [0.29, 0.717) is 16.3 Å². The Balaban J connectivity index is 2.22. The van der Waals surface area contributed by atoms with Crippen molar-refractivity contribution in [2.24, 2.45) is 0 Å². The topological polar surface area (TPSA) is 29.5 Å². The predicted molar refractivity (Wildman–Crippen MR) is 68.6 cm³/mol. The van der Waals surface area contributed by atoms with E-state index in [2.05, 4.69) is 0 Å². The van der Waals surface area contributed by atoms with Gasteiger partial charge in [0.25, 0.3) is 0 Å². The molecular weight excluding hydrogens is 255 g/mol. The van der Waals surface area contributed by atoms with Crippen LogP contribution in [-0.2, 0) is 0 Å². The van der Waals surface area contributed by atoms with Gasteiger partial charge in [0, 0.05) is 5.02 Å². The van der Waals surface area contributed by atoms with Crippen molar-refractivity contribution in [2.75, 3.05) is 0 Å². The van der Waals surface area contributed by atoms with Crippen LogP contribution in [0.3, 0.4) is 0 Å². The molecule has 0 spiro atoms. The lowest BCUT2D eigenvalue weighted by atomic mass is 10.1. The Kier molecular flexibility index (Phi) is 3.84. The van der Waals surface area contributed by atoms with Gasteiger partial charge >= 0.3 is 0 Å². The number of hydrogen-bond donors (Lipinski definition) is 1. The lowest BCUT2D eigenvalue weighted by Crippen LogP contribution is -1.94. The molecule has 18 heavy (non-hydrogen) atoms. The lowest BCUT2D eigenvalue weighted by Gasteiger charge is -2.09. The maximum absolute atomic E-state index is 13.7. The normalized spacial score (nSPS) is 12.2. The number of benzene rings is 2. The molecule has 1 atom stereocenters. The summed E-state index contributed by atoms with van der Waals surface area (Å²) in [4.78, 5) is 0. The first kappa shape index (κ1) is 12.9. The Morgan fingerprint density at radius 3 is 2.39 bits per heavy atom. The van der Waals surface area contributed by atoms with Crippen molar-refractivity contribution in [3.05, 3.63) is 58.9 Å². The zero-order chi connectivity index (χ0) is 13.1. The molecule has 0 aliphatic rings. The molecule has 0 amide bonds. The van der Waals surface area contributed by atoms with Gasteiger partial charge in [-0.1, -0.05) is 17.7 Å². The van der Waals surface area contributed by atoms with Gasteiger partial charge in [0.15, 0.2) is 11.6 Å². The van der Waals surface area contributed by atoms with Crippen LogP contribution < -0.4 is 4.74 Å². The number of aliphatic hydroxyl groups is 1. The van der Waals surface area contributed by atoms with Crippen molar-refractivity contribution in [2.45, 2.75) is 13.0 Å². The molecule has 0 saturated heterocycles. The van der Waals surface area contributed by atoms with Crippen molar-refractivity contribution >= 4 is 11.6 Å². The van der Waals surface area contributed by atoms with Crippen LogP contribution in [0.5, 0.6) is 11.5 Å². The largest absolute Gasteiger partial charge is 0.454 e. The van der Waals surface area contributed by atoms with E-state index < -0.39 is 11.9 Å². The van der Waals surface area contributed by atoms with Gasteiger partial charge in [-0.05, 0) is 48.9 Å². The third-order valence-electron chi connectivity index (χ3n) is 2.48. The molecule has 2 rings (SSSR count). The second kappa shape index (κ2) is 5.38. The van der Waals surface area contributed by atoms with Gasteiger partial charge in [-0.15, -0.1) is 0 Å². The Hall–Kier alpha value is -1.58. The average molecular weight is 267 g/mol. The molecule has 0 aliphatic heterocycles. The second-order valence-electron chi connectivity index (χ2n) is 3.92. The maximum Gasteiger partial charge on any atom is 0.166 e. The van der Waals surface area contributed by atoms with Crippen LogP contribution in [-0.4, -0.2) is 5.11 Å². The highest BCUT2D eigenvalue weighted by atomic mass is 35.5. The van der Waals surface area contributed by atoms with Crippen LogP contribution >= 0.6 is 11.6 Å². The van der Waals surface area contributed by atoms with Crippen LogP contribution in [0.25, 0.3) is 0 Å². The predicted octanol–water partition coefficient (Wildman–Crippen LogP) is 4.32. The van der Waals surface area contributed by atoms with Crippen molar-refractivity contribution in [3.8, 4) is 11.5 Å². The van der Waals surface area contributed by atoms with Crippen LogP contribution in [0, 0.1) is 5.82 Å². The van der Waals surface area contributed by atoms with Gasteiger partial charge in [-0.25, -0.2) is 4.39 Å². The Morgan fingerprint density at radius 2 is 1.83 bits per heavy atom. The Morgan fingerprint density at radius 1 is 1.17 bits per heavy atom. The number of halogens is 2. The number of ether oxygens (including phenoxy) is 1. The number of aliphatic hydroxyl groups excluding tert-OH is 1. The highest BCUT2D eigenvalue weighted by Crippen LogP contribution is 2.27. The van der Waals surface area contributed by atoms with E-state index in [-0.39, 0.29) is 5.75 Å². The van der Waals surface area contributed by atoms with Gasteiger partial charge in [-0.3, -0.25) is 0 Å². The van der Waals surface area contributed by atoms with Crippen LogP contribution in [0.1, 0.15) is 18.6 Å². The fraction of sp³-hybridized carbons (Fsp3) is 0.143. The minimum atomic E-state index is -0.705. The van der Waals surface area contributed by atoms with Gasteiger partial charge < -0.3 is 9.84 Å². The molecule has 0 aromatic heterocycles. The first-order valence-electron chi connectivity index (χ1n) is 5.47. The van der Waals surface area contributed by atoms with Crippen LogP contribution in [0.15, 0.2) is 42.5 Å². The summed E-state index contributed by atoms with van der Waals surface area (Å²) in [5.74, 6) is 0.105. The maximum atomic E-state index is 13.7. The van der Waals surface area contributed by atoms with Gasteiger partial charge in [0.05, 0.1) is 6.10 Å². The van der Waals surface area contributed by atoms with Crippen LogP contribution in [0.4, 0.5) is 4.39 Å². The molecule has 1 N–H and O–H groups in total. The van der Waals surface area contributed by atoms with E-state index in [0.717, 1.165) is 0 Å². The Labute approximate surface area is 110 Å². The highest BCUT2D eigenvalue weighted by Gasteiger charge is 2.08. The van der Waals surface area contributed by atoms with E-state index in [9.17, 15) is 9.50 Å². The van der Waals surface area contributed by atoms with E-state index in [1.807, 2.05) is 0 Å². The number of rotatable bonds is 3. The lowest BCUT2D eigenvalue weighted by molar-refractivity contribution is 0.198. The summed E-state index contributed by atoms with van der Waals surface area (Å²) in [5.41, 5.74) is 0.510. The Bertz CT molecular complexity index is 538. The quantitative estimate of drug-likeness (QED) is 0.896. The molecule has 0 heterocycles. The molecule has 0 unspecified atom stereocenters.